The molecule has 2 aromatic heterocycles. The van der Waals surface area contributed by atoms with Gasteiger partial charge in [0.1, 0.15) is 11.6 Å². The van der Waals surface area contributed by atoms with Crippen molar-refractivity contribution < 1.29 is 14.1 Å². The molecule has 0 saturated carbocycles. The number of aryl methyl sites for hydroxylation is 1. The molecule has 1 fully saturated rings. The van der Waals surface area contributed by atoms with Gasteiger partial charge in [-0.25, -0.2) is 9.78 Å². The molecule has 9 nitrogen and oxygen atoms in total. The fourth-order valence-corrected chi connectivity index (χ4v) is 3.39. The number of carbonyl (C=O) groups excluding carboxylic acids is 1. The zero-order valence-electron chi connectivity index (χ0n) is 17.7. The molecule has 1 saturated heterocycles. The molecule has 0 atom stereocenters. The lowest BCUT2D eigenvalue weighted by Crippen LogP contribution is -2.51. The monoisotopic (exact) mass is 422 g/mol. The normalized spacial score (nSPS) is 13.9. The van der Waals surface area contributed by atoms with Crippen LogP contribution in [0.5, 0.6) is 5.75 Å². The van der Waals surface area contributed by atoms with Crippen LogP contribution in [0.3, 0.4) is 0 Å². The number of carbonyl (C=O) groups is 1. The zero-order valence-corrected chi connectivity index (χ0v) is 17.7. The maximum Gasteiger partial charge on any atom is 0.317 e. The van der Waals surface area contributed by atoms with Crippen LogP contribution in [0.4, 0.5) is 10.6 Å². The molecule has 0 aliphatic carbocycles. The topological polar surface area (TPSA) is 96.6 Å². The highest BCUT2D eigenvalue weighted by Gasteiger charge is 2.22. The van der Waals surface area contributed by atoms with Crippen molar-refractivity contribution in [2.45, 2.75) is 19.9 Å². The minimum atomic E-state index is -0.0531. The summed E-state index contributed by atoms with van der Waals surface area (Å²) in [5.74, 6) is 2.84. The molecule has 9 heteroatoms. The standard InChI is InChI=1S/C22H26N6O3/c1-3-20-25-21(26-31-20)17-6-9-19(23-15-17)27-10-12-28(13-11-27)22(29)24-14-16-4-7-18(30-2)8-5-16/h4-9,15H,3,10-14H2,1-2H3,(H,24,29). The summed E-state index contributed by atoms with van der Waals surface area (Å²) in [7, 11) is 1.64. The molecule has 1 aliphatic heterocycles. The summed E-state index contributed by atoms with van der Waals surface area (Å²) in [4.78, 5) is 25.4. The van der Waals surface area contributed by atoms with E-state index in [-0.39, 0.29) is 6.03 Å². The van der Waals surface area contributed by atoms with Crippen molar-refractivity contribution >= 4 is 11.8 Å². The highest BCUT2D eigenvalue weighted by Crippen LogP contribution is 2.20. The summed E-state index contributed by atoms with van der Waals surface area (Å²) in [6.07, 6.45) is 2.46. The number of ether oxygens (including phenoxy) is 1. The minimum Gasteiger partial charge on any atom is -0.497 e. The van der Waals surface area contributed by atoms with Gasteiger partial charge in [0.25, 0.3) is 0 Å². The van der Waals surface area contributed by atoms with E-state index in [1.807, 2.05) is 48.2 Å². The first-order valence-electron chi connectivity index (χ1n) is 10.4. The molecular weight excluding hydrogens is 396 g/mol. The third kappa shape index (κ3) is 4.93. The number of anilines is 1. The van der Waals surface area contributed by atoms with E-state index in [4.69, 9.17) is 9.26 Å². The predicted octanol–water partition coefficient (Wildman–Crippen LogP) is 2.73. The van der Waals surface area contributed by atoms with E-state index in [9.17, 15) is 4.79 Å². The summed E-state index contributed by atoms with van der Waals surface area (Å²) >= 11 is 0. The SMILES string of the molecule is CCc1nc(-c2ccc(N3CCN(C(=O)NCc4ccc(OC)cc4)CC3)nc2)no1. The molecule has 1 aromatic carbocycles. The van der Waals surface area contributed by atoms with Crippen LogP contribution in [-0.2, 0) is 13.0 Å². The van der Waals surface area contributed by atoms with Crippen LogP contribution in [0, 0.1) is 0 Å². The van der Waals surface area contributed by atoms with Gasteiger partial charge in [-0.1, -0.05) is 24.2 Å². The Labute approximate surface area is 181 Å². The van der Waals surface area contributed by atoms with Gasteiger partial charge >= 0.3 is 6.03 Å². The Hall–Kier alpha value is -3.62. The molecule has 0 unspecified atom stereocenters. The van der Waals surface area contributed by atoms with Crippen molar-refractivity contribution in [2.24, 2.45) is 0 Å². The second-order valence-electron chi connectivity index (χ2n) is 7.25. The molecule has 3 aromatic rings. The van der Waals surface area contributed by atoms with Crippen LogP contribution >= 0.6 is 0 Å². The van der Waals surface area contributed by atoms with Gasteiger partial charge in [-0.05, 0) is 29.8 Å². The van der Waals surface area contributed by atoms with E-state index in [2.05, 4.69) is 25.3 Å². The number of hydrogen-bond acceptors (Lipinski definition) is 7. The molecule has 0 radical (unpaired) electrons. The van der Waals surface area contributed by atoms with Crippen molar-refractivity contribution in [3.63, 3.8) is 0 Å². The Kier molecular flexibility index (Phi) is 6.30. The van der Waals surface area contributed by atoms with Crippen molar-refractivity contribution in [1.82, 2.24) is 25.3 Å². The van der Waals surface area contributed by atoms with Crippen molar-refractivity contribution in [3.05, 3.63) is 54.0 Å². The van der Waals surface area contributed by atoms with E-state index in [1.165, 1.54) is 0 Å². The van der Waals surface area contributed by atoms with E-state index < -0.39 is 0 Å². The lowest BCUT2D eigenvalue weighted by molar-refractivity contribution is 0.194. The summed E-state index contributed by atoms with van der Waals surface area (Å²) in [6.45, 7) is 5.19. The van der Waals surface area contributed by atoms with Crippen LogP contribution in [0.2, 0.25) is 0 Å². The van der Waals surface area contributed by atoms with Gasteiger partial charge < -0.3 is 24.4 Å². The zero-order chi connectivity index (χ0) is 21.6. The molecule has 1 aliphatic rings. The van der Waals surface area contributed by atoms with Gasteiger partial charge in [-0.3, -0.25) is 0 Å². The predicted molar refractivity (Wildman–Crippen MR) is 116 cm³/mol. The summed E-state index contributed by atoms with van der Waals surface area (Å²) in [5.41, 5.74) is 1.86. The molecular formula is C22H26N6O3. The first-order valence-corrected chi connectivity index (χ1v) is 10.4. The number of aromatic nitrogens is 3. The Morgan fingerprint density at radius 2 is 1.90 bits per heavy atom. The van der Waals surface area contributed by atoms with Crippen molar-refractivity contribution in [1.29, 1.82) is 0 Å². The van der Waals surface area contributed by atoms with Gasteiger partial charge in [-0.15, -0.1) is 0 Å². The average molecular weight is 422 g/mol. The lowest BCUT2D eigenvalue weighted by atomic mass is 10.2. The molecule has 0 spiro atoms. The summed E-state index contributed by atoms with van der Waals surface area (Å²) in [5, 5.41) is 6.96. The van der Waals surface area contributed by atoms with E-state index in [0.717, 1.165) is 35.8 Å². The van der Waals surface area contributed by atoms with Crippen molar-refractivity contribution in [3.8, 4) is 17.1 Å². The van der Waals surface area contributed by atoms with E-state index in [1.54, 1.807) is 13.3 Å². The van der Waals surface area contributed by atoms with Crippen LogP contribution in [-0.4, -0.2) is 59.3 Å². The maximum atomic E-state index is 12.5. The molecule has 3 heterocycles. The Balaban J connectivity index is 1.27. The summed E-state index contributed by atoms with van der Waals surface area (Å²) in [6, 6.07) is 11.5. The fraction of sp³-hybridized carbons (Fsp3) is 0.364. The largest absolute Gasteiger partial charge is 0.497 e. The van der Waals surface area contributed by atoms with Crippen LogP contribution in [0.15, 0.2) is 47.1 Å². The van der Waals surface area contributed by atoms with Gasteiger partial charge in [0.05, 0.1) is 7.11 Å². The Bertz CT molecular complexity index is 995. The third-order valence-corrected chi connectivity index (χ3v) is 5.27. The van der Waals surface area contributed by atoms with Crippen molar-refractivity contribution in [2.75, 3.05) is 38.2 Å². The number of nitrogens with zero attached hydrogens (tertiary/aromatic N) is 5. The number of benzene rings is 1. The number of rotatable bonds is 6. The smallest absolute Gasteiger partial charge is 0.317 e. The molecule has 31 heavy (non-hydrogen) atoms. The highest BCUT2D eigenvalue weighted by molar-refractivity contribution is 5.74. The number of amides is 2. The first kappa shape index (κ1) is 20.6. The number of nitrogens with one attached hydrogen (secondary N) is 1. The molecule has 0 bridgehead atoms. The Morgan fingerprint density at radius 1 is 1.13 bits per heavy atom. The molecule has 1 N–H and O–H groups in total. The molecule has 162 valence electrons. The fourth-order valence-electron chi connectivity index (χ4n) is 3.39. The van der Waals surface area contributed by atoms with Crippen LogP contribution < -0.4 is 15.0 Å². The van der Waals surface area contributed by atoms with E-state index >= 15 is 0 Å². The van der Waals surface area contributed by atoms with Gasteiger partial charge in [-0.2, -0.15) is 4.98 Å². The number of methoxy groups -OCH3 is 1. The number of piperazine rings is 1. The molecule has 2 amide bonds. The van der Waals surface area contributed by atoms with E-state index in [0.29, 0.717) is 37.8 Å². The van der Waals surface area contributed by atoms with Crippen LogP contribution in [0.25, 0.3) is 11.4 Å². The first-order chi connectivity index (χ1) is 15.2. The van der Waals surface area contributed by atoms with Crippen LogP contribution in [0.1, 0.15) is 18.4 Å². The second-order valence-corrected chi connectivity index (χ2v) is 7.25. The average Bonchev–Trinajstić information content (AvgIpc) is 3.32. The number of urea groups is 1. The lowest BCUT2D eigenvalue weighted by Gasteiger charge is -2.35. The van der Waals surface area contributed by atoms with Gasteiger partial charge in [0.2, 0.25) is 11.7 Å². The minimum absolute atomic E-state index is 0.0531. The second kappa shape index (κ2) is 9.46. The molecule has 4 rings (SSSR count). The summed E-state index contributed by atoms with van der Waals surface area (Å²) < 4.78 is 10.3. The third-order valence-electron chi connectivity index (χ3n) is 5.27. The number of hydrogen-bond donors (Lipinski definition) is 1. The Morgan fingerprint density at radius 3 is 2.52 bits per heavy atom. The van der Waals surface area contributed by atoms with Gasteiger partial charge in [0, 0.05) is 50.9 Å². The quantitative estimate of drug-likeness (QED) is 0.652. The highest BCUT2D eigenvalue weighted by atomic mass is 16.5. The maximum absolute atomic E-state index is 12.5. The number of pyridine rings is 1. The van der Waals surface area contributed by atoms with Gasteiger partial charge in [0.15, 0.2) is 0 Å².